The lowest BCUT2D eigenvalue weighted by molar-refractivity contribution is 0.0994. The van der Waals surface area contributed by atoms with Gasteiger partial charge in [0.1, 0.15) is 0 Å². The molecule has 0 atom stereocenters. The number of hydrogen-bond acceptors (Lipinski definition) is 1. The van der Waals surface area contributed by atoms with E-state index in [9.17, 15) is 4.79 Å². The molecule has 1 aliphatic carbocycles. The Balaban J connectivity index is 2.46. The van der Waals surface area contributed by atoms with E-state index in [1.54, 1.807) is 0 Å². The molecule has 0 amide bonds. The summed E-state index contributed by atoms with van der Waals surface area (Å²) in [5, 5.41) is 0. The van der Waals surface area contributed by atoms with Crippen LogP contribution in [0.15, 0.2) is 18.2 Å². The van der Waals surface area contributed by atoms with Gasteiger partial charge >= 0.3 is 0 Å². The summed E-state index contributed by atoms with van der Waals surface area (Å²) in [4.78, 5) is 11.6. The van der Waals surface area contributed by atoms with E-state index in [1.165, 1.54) is 11.1 Å². The average molecular weight is 202 g/mol. The predicted molar refractivity (Wildman–Crippen MR) is 62.4 cm³/mol. The number of Topliss-reactive ketones (excluding diaryl/α,β-unsaturated/α-hetero) is 1. The Kier molecular flexibility index (Phi) is 2.41. The standard InChI is InChI=1S/C14H18O/c1-4-14(2,3)11-7-5-10-6-8-13(15)12(10)9-11/h5,7,9H,4,6,8H2,1-3H3. The summed E-state index contributed by atoms with van der Waals surface area (Å²) >= 11 is 0. The third-order valence-corrected chi connectivity index (χ3v) is 3.70. The molecule has 2 rings (SSSR count). The molecule has 1 aromatic carbocycles. The fourth-order valence-electron chi connectivity index (χ4n) is 2.06. The van der Waals surface area contributed by atoms with E-state index in [4.69, 9.17) is 0 Å². The van der Waals surface area contributed by atoms with Gasteiger partial charge in [-0.3, -0.25) is 4.79 Å². The van der Waals surface area contributed by atoms with Crippen molar-refractivity contribution in [1.29, 1.82) is 0 Å². The highest BCUT2D eigenvalue weighted by Gasteiger charge is 2.24. The molecule has 0 N–H and O–H groups in total. The summed E-state index contributed by atoms with van der Waals surface area (Å²) < 4.78 is 0. The molecule has 0 saturated heterocycles. The second-order valence-corrected chi connectivity index (χ2v) is 5.03. The van der Waals surface area contributed by atoms with Gasteiger partial charge in [-0.25, -0.2) is 0 Å². The van der Waals surface area contributed by atoms with Crippen LogP contribution >= 0.6 is 0 Å². The Morgan fingerprint density at radius 3 is 2.67 bits per heavy atom. The van der Waals surface area contributed by atoms with Crippen molar-refractivity contribution >= 4 is 5.78 Å². The molecule has 1 heteroatoms. The van der Waals surface area contributed by atoms with Gasteiger partial charge in [-0.1, -0.05) is 32.9 Å². The summed E-state index contributed by atoms with van der Waals surface area (Å²) in [6.45, 7) is 6.65. The first-order valence-corrected chi connectivity index (χ1v) is 5.71. The Labute approximate surface area is 91.5 Å². The molecule has 0 radical (unpaired) electrons. The quantitative estimate of drug-likeness (QED) is 0.717. The van der Waals surface area contributed by atoms with E-state index in [2.05, 4.69) is 39.0 Å². The highest BCUT2D eigenvalue weighted by Crippen LogP contribution is 2.31. The van der Waals surface area contributed by atoms with Crippen molar-refractivity contribution in [2.75, 3.05) is 0 Å². The molecule has 80 valence electrons. The van der Waals surface area contributed by atoms with Crippen LogP contribution in [-0.2, 0) is 11.8 Å². The van der Waals surface area contributed by atoms with Crippen molar-refractivity contribution < 1.29 is 4.79 Å². The number of hydrogen-bond donors (Lipinski definition) is 0. The molecule has 0 aliphatic heterocycles. The van der Waals surface area contributed by atoms with E-state index < -0.39 is 0 Å². The molecule has 1 aromatic rings. The van der Waals surface area contributed by atoms with Crippen LogP contribution in [0, 0.1) is 0 Å². The third-order valence-electron chi connectivity index (χ3n) is 3.70. The Morgan fingerprint density at radius 1 is 1.27 bits per heavy atom. The number of fused-ring (bicyclic) bond motifs is 1. The van der Waals surface area contributed by atoms with Crippen molar-refractivity contribution in [2.45, 2.75) is 45.4 Å². The fraction of sp³-hybridized carbons (Fsp3) is 0.500. The number of ketones is 1. The second-order valence-electron chi connectivity index (χ2n) is 5.03. The van der Waals surface area contributed by atoms with E-state index in [1.807, 2.05) is 0 Å². The number of aryl methyl sites for hydroxylation is 1. The van der Waals surface area contributed by atoms with Crippen molar-refractivity contribution in [1.82, 2.24) is 0 Å². The fourth-order valence-corrected chi connectivity index (χ4v) is 2.06. The Morgan fingerprint density at radius 2 is 2.00 bits per heavy atom. The van der Waals surface area contributed by atoms with Crippen LogP contribution in [0.4, 0.5) is 0 Å². The molecule has 1 nitrogen and oxygen atoms in total. The summed E-state index contributed by atoms with van der Waals surface area (Å²) in [6, 6.07) is 6.42. The minimum Gasteiger partial charge on any atom is -0.294 e. The zero-order valence-electron chi connectivity index (χ0n) is 9.76. The lowest BCUT2D eigenvalue weighted by Gasteiger charge is -2.23. The highest BCUT2D eigenvalue weighted by atomic mass is 16.1. The van der Waals surface area contributed by atoms with Gasteiger partial charge in [0.25, 0.3) is 0 Å². The highest BCUT2D eigenvalue weighted by molar-refractivity contribution is 6.00. The molecule has 0 fully saturated rings. The topological polar surface area (TPSA) is 17.1 Å². The summed E-state index contributed by atoms with van der Waals surface area (Å²) in [6.07, 6.45) is 2.73. The van der Waals surface area contributed by atoms with Gasteiger partial charge in [-0.05, 0) is 35.4 Å². The monoisotopic (exact) mass is 202 g/mol. The summed E-state index contributed by atoms with van der Waals surface area (Å²) in [5.74, 6) is 0.318. The van der Waals surface area contributed by atoms with Crippen LogP contribution < -0.4 is 0 Å². The van der Waals surface area contributed by atoms with E-state index in [0.29, 0.717) is 12.2 Å². The number of benzene rings is 1. The van der Waals surface area contributed by atoms with Gasteiger partial charge in [0, 0.05) is 12.0 Å². The normalized spacial score (nSPS) is 15.5. The summed E-state index contributed by atoms with van der Waals surface area (Å²) in [7, 11) is 0. The maximum Gasteiger partial charge on any atom is 0.163 e. The van der Waals surface area contributed by atoms with Gasteiger partial charge in [0.05, 0.1) is 0 Å². The van der Waals surface area contributed by atoms with E-state index >= 15 is 0 Å². The lowest BCUT2D eigenvalue weighted by atomic mass is 9.81. The van der Waals surface area contributed by atoms with Crippen molar-refractivity contribution in [3.63, 3.8) is 0 Å². The van der Waals surface area contributed by atoms with Gasteiger partial charge in [-0.15, -0.1) is 0 Å². The molecule has 1 aliphatic rings. The van der Waals surface area contributed by atoms with Crippen LogP contribution in [0.2, 0.25) is 0 Å². The molecule has 0 unspecified atom stereocenters. The van der Waals surface area contributed by atoms with Crippen LogP contribution in [0.1, 0.15) is 55.1 Å². The summed E-state index contributed by atoms with van der Waals surface area (Å²) in [5.41, 5.74) is 3.67. The van der Waals surface area contributed by atoms with Gasteiger partial charge in [0.15, 0.2) is 5.78 Å². The number of carbonyl (C=O) groups excluding carboxylic acids is 1. The molecule has 0 aromatic heterocycles. The average Bonchev–Trinajstić information content (AvgIpc) is 2.60. The molecule has 0 spiro atoms. The van der Waals surface area contributed by atoms with Crippen LogP contribution in [-0.4, -0.2) is 5.78 Å². The first kappa shape index (κ1) is 10.4. The van der Waals surface area contributed by atoms with Gasteiger partial charge in [-0.2, -0.15) is 0 Å². The first-order chi connectivity index (χ1) is 7.04. The maximum absolute atomic E-state index is 11.6. The maximum atomic E-state index is 11.6. The molecule has 15 heavy (non-hydrogen) atoms. The number of rotatable bonds is 2. The Bertz CT molecular complexity index is 402. The Hall–Kier alpha value is -1.11. The molecule has 0 bridgehead atoms. The predicted octanol–water partition coefficient (Wildman–Crippen LogP) is 3.50. The SMILES string of the molecule is CCC(C)(C)c1ccc2c(c1)C(=O)CC2. The molecular formula is C14H18O. The lowest BCUT2D eigenvalue weighted by Crippen LogP contribution is -2.16. The number of carbonyl (C=O) groups is 1. The van der Waals surface area contributed by atoms with Gasteiger partial charge in [0.2, 0.25) is 0 Å². The minimum absolute atomic E-state index is 0.178. The molecule has 0 heterocycles. The van der Waals surface area contributed by atoms with Crippen molar-refractivity contribution in [3.8, 4) is 0 Å². The largest absolute Gasteiger partial charge is 0.294 e. The zero-order valence-corrected chi connectivity index (χ0v) is 9.76. The second kappa shape index (κ2) is 3.48. The van der Waals surface area contributed by atoms with Crippen LogP contribution in [0.5, 0.6) is 0 Å². The van der Waals surface area contributed by atoms with Gasteiger partial charge < -0.3 is 0 Å². The van der Waals surface area contributed by atoms with Crippen molar-refractivity contribution in [2.24, 2.45) is 0 Å². The third kappa shape index (κ3) is 1.71. The molecular weight excluding hydrogens is 184 g/mol. The van der Waals surface area contributed by atoms with E-state index in [-0.39, 0.29) is 5.41 Å². The van der Waals surface area contributed by atoms with Crippen molar-refractivity contribution in [3.05, 3.63) is 34.9 Å². The zero-order chi connectivity index (χ0) is 11.1. The van der Waals surface area contributed by atoms with E-state index in [0.717, 1.165) is 18.4 Å². The smallest absolute Gasteiger partial charge is 0.163 e. The minimum atomic E-state index is 0.178. The van der Waals surface area contributed by atoms with Crippen LogP contribution in [0.25, 0.3) is 0 Å². The molecule has 0 saturated carbocycles. The van der Waals surface area contributed by atoms with Crippen LogP contribution in [0.3, 0.4) is 0 Å². The first-order valence-electron chi connectivity index (χ1n) is 5.71.